The van der Waals surface area contributed by atoms with E-state index in [1.165, 1.54) is 24.9 Å². The summed E-state index contributed by atoms with van der Waals surface area (Å²) < 4.78 is 4.95. The maximum absolute atomic E-state index is 4.95. The van der Waals surface area contributed by atoms with E-state index in [4.69, 9.17) is 4.52 Å². The molecule has 0 atom stereocenters. The van der Waals surface area contributed by atoms with Crippen LogP contribution < -0.4 is 4.90 Å². The molecule has 0 unspecified atom stereocenters. The molecule has 1 fully saturated rings. The number of nitrogens with zero attached hydrogens (tertiary/aromatic N) is 4. The van der Waals surface area contributed by atoms with Gasteiger partial charge in [-0.1, -0.05) is 5.16 Å². The minimum absolute atomic E-state index is 0.553. The van der Waals surface area contributed by atoms with Crippen LogP contribution in [0.5, 0.6) is 0 Å². The maximum atomic E-state index is 4.95. The van der Waals surface area contributed by atoms with Crippen molar-refractivity contribution in [1.29, 1.82) is 0 Å². The molecule has 3 rings (SSSR count). The topological polar surface area (TPSA) is 55.1 Å². The molecule has 1 aliphatic heterocycles. The van der Waals surface area contributed by atoms with Crippen LogP contribution in [-0.4, -0.2) is 28.2 Å². The molecule has 18 heavy (non-hydrogen) atoms. The monoisotopic (exact) mass is 244 g/mol. The number of hydrogen-bond donors (Lipinski definition) is 0. The molecule has 0 aromatic carbocycles. The SMILES string of the molecule is Cc1nc(-c2ccc(N3CCCCC3)cn2)no1. The van der Waals surface area contributed by atoms with Crippen molar-refractivity contribution in [2.45, 2.75) is 26.2 Å². The molecule has 0 bridgehead atoms. The van der Waals surface area contributed by atoms with Crippen molar-refractivity contribution >= 4 is 5.69 Å². The molecule has 0 N–H and O–H groups in total. The molecule has 0 radical (unpaired) electrons. The summed E-state index contributed by atoms with van der Waals surface area (Å²) in [6.45, 7) is 4.03. The van der Waals surface area contributed by atoms with Gasteiger partial charge in [0, 0.05) is 20.0 Å². The Balaban J connectivity index is 1.80. The summed E-state index contributed by atoms with van der Waals surface area (Å²) in [4.78, 5) is 11.0. The Kier molecular flexibility index (Phi) is 2.96. The van der Waals surface area contributed by atoms with Crippen LogP contribution in [-0.2, 0) is 0 Å². The number of aromatic nitrogens is 3. The summed E-state index contributed by atoms with van der Waals surface area (Å²) in [5.41, 5.74) is 1.94. The average molecular weight is 244 g/mol. The quantitative estimate of drug-likeness (QED) is 0.812. The molecule has 2 aromatic heterocycles. The molecular formula is C13H16N4O. The average Bonchev–Trinajstić information content (AvgIpc) is 2.87. The normalized spacial score (nSPS) is 15.9. The highest BCUT2D eigenvalue weighted by Gasteiger charge is 2.12. The van der Waals surface area contributed by atoms with Crippen LogP contribution in [0, 0.1) is 6.92 Å². The Labute approximate surface area is 106 Å². The van der Waals surface area contributed by atoms with Crippen LogP contribution in [0.15, 0.2) is 22.9 Å². The van der Waals surface area contributed by atoms with E-state index in [-0.39, 0.29) is 0 Å². The first-order valence-electron chi connectivity index (χ1n) is 6.34. The fourth-order valence-electron chi connectivity index (χ4n) is 2.26. The molecule has 0 amide bonds. The van der Waals surface area contributed by atoms with Gasteiger partial charge in [0.15, 0.2) is 0 Å². The lowest BCUT2D eigenvalue weighted by Gasteiger charge is -2.28. The van der Waals surface area contributed by atoms with E-state index in [2.05, 4.69) is 26.1 Å². The van der Waals surface area contributed by atoms with Gasteiger partial charge in [0.25, 0.3) is 0 Å². The second kappa shape index (κ2) is 4.76. The Hall–Kier alpha value is -1.91. The van der Waals surface area contributed by atoms with Crippen molar-refractivity contribution < 1.29 is 4.52 Å². The van der Waals surface area contributed by atoms with Crippen molar-refractivity contribution in [3.63, 3.8) is 0 Å². The zero-order valence-corrected chi connectivity index (χ0v) is 10.5. The Morgan fingerprint density at radius 1 is 1.17 bits per heavy atom. The zero-order chi connectivity index (χ0) is 12.4. The van der Waals surface area contributed by atoms with E-state index >= 15 is 0 Å². The van der Waals surface area contributed by atoms with Gasteiger partial charge in [-0.25, -0.2) is 0 Å². The minimum atomic E-state index is 0.553. The van der Waals surface area contributed by atoms with Gasteiger partial charge in [0.2, 0.25) is 11.7 Å². The van der Waals surface area contributed by atoms with Gasteiger partial charge in [-0.05, 0) is 31.4 Å². The van der Waals surface area contributed by atoms with Gasteiger partial charge >= 0.3 is 0 Å². The van der Waals surface area contributed by atoms with E-state index in [1.807, 2.05) is 12.3 Å². The number of aryl methyl sites for hydroxylation is 1. The van der Waals surface area contributed by atoms with Gasteiger partial charge in [0.1, 0.15) is 5.69 Å². The van der Waals surface area contributed by atoms with Crippen molar-refractivity contribution in [3.05, 3.63) is 24.2 Å². The van der Waals surface area contributed by atoms with Crippen LogP contribution in [0.3, 0.4) is 0 Å². The van der Waals surface area contributed by atoms with E-state index in [0.717, 1.165) is 18.8 Å². The molecule has 0 aliphatic carbocycles. The molecule has 94 valence electrons. The largest absolute Gasteiger partial charge is 0.370 e. The summed E-state index contributed by atoms with van der Waals surface area (Å²) in [7, 11) is 0. The lowest BCUT2D eigenvalue weighted by Crippen LogP contribution is -2.29. The maximum Gasteiger partial charge on any atom is 0.223 e. The predicted octanol–water partition coefficient (Wildman–Crippen LogP) is 2.43. The summed E-state index contributed by atoms with van der Waals surface area (Å²) in [6, 6.07) is 4.04. The number of anilines is 1. The summed E-state index contributed by atoms with van der Waals surface area (Å²) >= 11 is 0. The highest BCUT2D eigenvalue weighted by Crippen LogP contribution is 2.21. The van der Waals surface area contributed by atoms with Crippen molar-refractivity contribution in [3.8, 4) is 11.5 Å². The standard InChI is InChI=1S/C13H16N4O/c1-10-15-13(16-18-10)12-6-5-11(9-14-12)17-7-3-2-4-8-17/h5-6,9H,2-4,7-8H2,1H3. The third-order valence-corrected chi connectivity index (χ3v) is 3.23. The number of pyridine rings is 1. The zero-order valence-electron chi connectivity index (χ0n) is 10.5. The van der Waals surface area contributed by atoms with Crippen LogP contribution in [0.2, 0.25) is 0 Å². The Bertz CT molecular complexity index is 514. The fourth-order valence-corrected chi connectivity index (χ4v) is 2.26. The molecule has 1 aliphatic rings. The van der Waals surface area contributed by atoms with Crippen molar-refractivity contribution in [2.75, 3.05) is 18.0 Å². The van der Waals surface area contributed by atoms with Crippen LogP contribution in [0.4, 0.5) is 5.69 Å². The highest BCUT2D eigenvalue weighted by molar-refractivity contribution is 5.54. The molecule has 5 heteroatoms. The lowest BCUT2D eigenvalue weighted by atomic mass is 10.1. The molecule has 0 spiro atoms. The van der Waals surface area contributed by atoms with Crippen LogP contribution in [0.1, 0.15) is 25.2 Å². The smallest absolute Gasteiger partial charge is 0.223 e. The third kappa shape index (κ3) is 2.20. The molecule has 0 saturated carbocycles. The molecule has 3 heterocycles. The van der Waals surface area contributed by atoms with Gasteiger partial charge < -0.3 is 9.42 Å². The summed E-state index contributed by atoms with van der Waals surface area (Å²) in [5.74, 6) is 1.12. The minimum Gasteiger partial charge on any atom is -0.370 e. The Morgan fingerprint density at radius 3 is 2.61 bits per heavy atom. The van der Waals surface area contributed by atoms with Gasteiger partial charge in [-0.15, -0.1) is 0 Å². The predicted molar refractivity (Wildman–Crippen MR) is 68.3 cm³/mol. The van der Waals surface area contributed by atoms with E-state index in [0.29, 0.717) is 11.7 Å². The number of rotatable bonds is 2. The van der Waals surface area contributed by atoms with E-state index in [1.54, 1.807) is 6.92 Å². The van der Waals surface area contributed by atoms with Gasteiger partial charge in [-0.2, -0.15) is 4.98 Å². The molecule has 5 nitrogen and oxygen atoms in total. The molecular weight excluding hydrogens is 228 g/mol. The number of hydrogen-bond acceptors (Lipinski definition) is 5. The molecule has 1 saturated heterocycles. The second-order valence-electron chi connectivity index (χ2n) is 4.59. The van der Waals surface area contributed by atoms with Crippen molar-refractivity contribution in [2.24, 2.45) is 0 Å². The summed E-state index contributed by atoms with van der Waals surface area (Å²) in [5, 5.41) is 3.87. The van der Waals surface area contributed by atoms with E-state index in [9.17, 15) is 0 Å². The van der Waals surface area contributed by atoms with Gasteiger partial charge in [0.05, 0.1) is 11.9 Å². The highest BCUT2D eigenvalue weighted by atomic mass is 16.5. The van der Waals surface area contributed by atoms with Crippen molar-refractivity contribution in [1.82, 2.24) is 15.1 Å². The first-order chi connectivity index (χ1) is 8.83. The lowest BCUT2D eigenvalue weighted by molar-refractivity contribution is 0.394. The Morgan fingerprint density at radius 2 is 2.00 bits per heavy atom. The first-order valence-corrected chi connectivity index (χ1v) is 6.34. The second-order valence-corrected chi connectivity index (χ2v) is 4.59. The van der Waals surface area contributed by atoms with Crippen LogP contribution >= 0.6 is 0 Å². The summed E-state index contributed by atoms with van der Waals surface area (Å²) in [6.07, 6.45) is 5.77. The first kappa shape index (κ1) is 11.2. The van der Waals surface area contributed by atoms with Crippen LogP contribution in [0.25, 0.3) is 11.5 Å². The molecule has 2 aromatic rings. The fraction of sp³-hybridized carbons (Fsp3) is 0.462. The number of piperidine rings is 1. The third-order valence-electron chi connectivity index (χ3n) is 3.23. The van der Waals surface area contributed by atoms with Gasteiger partial charge in [-0.3, -0.25) is 4.98 Å². The van der Waals surface area contributed by atoms with E-state index < -0.39 is 0 Å².